The lowest BCUT2D eigenvalue weighted by atomic mass is 10.2. The Balaban J connectivity index is 2.08. The van der Waals surface area contributed by atoms with Crippen molar-refractivity contribution in [2.45, 2.75) is 32.2 Å². The number of nitrogens with one attached hydrogen (secondary N) is 1. The van der Waals surface area contributed by atoms with Gasteiger partial charge in [-0.25, -0.2) is 13.1 Å². The Morgan fingerprint density at radius 2 is 2.00 bits per heavy atom. The van der Waals surface area contributed by atoms with Crippen LogP contribution in [0.1, 0.15) is 18.3 Å². The lowest BCUT2D eigenvalue weighted by Crippen LogP contribution is -2.30. The lowest BCUT2D eigenvalue weighted by molar-refractivity contribution is -0.387. The minimum Gasteiger partial charge on any atom is -0.269 e. The first-order valence-electron chi connectivity index (χ1n) is 7.45. The number of benzene rings is 1. The highest BCUT2D eigenvalue weighted by atomic mass is 32.2. The summed E-state index contributed by atoms with van der Waals surface area (Å²) in [6, 6.07) is 7.24. The van der Waals surface area contributed by atoms with Crippen molar-refractivity contribution in [2.24, 2.45) is 5.92 Å². The van der Waals surface area contributed by atoms with Crippen LogP contribution in [0.5, 0.6) is 0 Å². The first kappa shape index (κ1) is 18.1. The standard InChI is InChI=1S/C15H20N4O4S/c1-11(10-18-13(3)8-12(2)17-18)9-16-24(22,23)15-7-5-4-6-14(15)19(20)21/h4-8,11,16H,9-10H2,1-3H3. The van der Waals surface area contributed by atoms with Crippen LogP contribution >= 0.6 is 0 Å². The van der Waals surface area contributed by atoms with Gasteiger partial charge in [0.25, 0.3) is 5.69 Å². The zero-order chi connectivity index (χ0) is 17.9. The van der Waals surface area contributed by atoms with E-state index in [4.69, 9.17) is 0 Å². The fourth-order valence-electron chi connectivity index (χ4n) is 2.38. The van der Waals surface area contributed by atoms with Crippen LogP contribution in [0, 0.1) is 29.9 Å². The molecule has 1 heterocycles. The Kier molecular flexibility index (Phi) is 5.35. The maximum Gasteiger partial charge on any atom is 0.289 e. The number of nitro groups is 1. The van der Waals surface area contributed by atoms with Crippen molar-refractivity contribution in [1.82, 2.24) is 14.5 Å². The number of hydrogen-bond acceptors (Lipinski definition) is 5. The maximum atomic E-state index is 12.3. The lowest BCUT2D eigenvalue weighted by Gasteiger charge is -2.14. The van der Waals surface area contributed by atoms with Crippen LogP contribution in [-0.4, -0.2) is 29.7 Å². The van der Waals surface area contributed by atoms with Crippen molar-refractivity contribution >= 4 is 15.7 Å². The van der Waals surface area contributed by atoms with Crippen molar-refractivity contribution in [3.05, 3.63) is 51.8 Å². The second-order valence-corrected chi connectivity index (χ2v) is 7.53. The van der Waals surface area contributed by atoms with Crippen molar-refractivity contribution in [2.75, 3.05) is 6.54 Å². The van der Waals surface area contributed by atoms with Gasteiger partial charge in [0.05, 0.1) is 10.6 Å². The predicted octanol–water partition coefficient (Wildman–Crippen LogP) is 2.02. The number of sulfonamides is 1. The van der Waals surface area contributed by atoms with Gasteiger partial charge in [0.15, 0.2) is 4.90 Å². The van der Waals surface area contributed by atoms with Gasteiger partial charge in [0.2, 0.25) is 10.0 Å². The molecule has 0 spiro atoms. The summed E-state index contributed by atoms with van der Waals surface area (Å²) in [5.41, 5.74) is 1.47. The molecule has 1 atom stereocenters. The quantitative estimate of drug-likeness (QED) is 0.606. The highest BCUT2D eigenvalue weighted by Gasteiger charge is 2.25. The molecule has 0 saturated carbocycles. The summed E-state index contributed by atoms with van der Waals surface area (Å²) in [6.07, 6.45) is 0. The summed E-state index contributed by atoms with van der Waals surface area (Å²) in [5, 5.41) is 15.3. The SMILES string of the molecule is Cc1cc(C)n(CC(C)CNS(=O)(=O)c2ccccc2[N+](=O)[O-])n1. The second kappa shape index (κ2) is 7.10. The number of nitro benzene ring substituents is 1. The number of rotatable bonds is 7. The molecule has 0 fully saturated rings. The topological polar surface area (TPSA) is 107 Å². The predicted molar refractivity (Wildman–Crippen MR) is 89.1 cm³/mol. The van der Waals surface area contributed by atoms with E-state index in [1.807, 2.05) is 31.5 Å². The molecule has 130 valence electrons. The summed E-state index contributed by atoms with van der Waals surface area (Å²) < 4.78 is 29.0. The van der Waals surface area contributed by atoms with Crippen molar-refractivity contribution in [1.29, 1.82) is 0 Å². The van der Waals surface area contributed by atoms with Gasteiger partial charge in [-0.2, -0.15) is 5.10 Å². The van der Waals surface area contributed by atoms with Gasteiger partial charge in [0.1, 0.15) is 0 Å². The highest BCUT2D eigenvalue weighted by Crippen LogP contribution is 2.22. The molecule has 0 aliphatic rings. The Labute approximate surface area is 140 Å². The van der Waals surface area contributed by atoms with Crippen molar-refractivity contribution < 1.29 is 13.3 Å². The second-order valence-electron chi connectivity index (χ2n) is 5.79. The van der Waals surface area contributed by atoms with E-state index in [2.05, 4.69) is 9.82 Å². The third-order valence-corrected chi connectivity index (χ3v) is 5.03. The normalized spacial score (nSPS) is 13.0. The van der Waals surface area contributed by atoms with Crippen LogP contribution < -0.4 is 4.72 Å². The molecule has 0 aliphatic heterocycles. The van der Waals surface area contributed by atoms with Crippen molar-refractivity contribution in [3.63, 3.8) is 0 Å². The molecule has 1 aromatic carbocycles. The molecule has 0 bridgehead atoms. The van der Waals surface area contributed by atoms with E-state index in [0.717, 1.165) is 11.4 Å². The van der Waals surface area contributed by atoms with Gasteiger partial charge < -0.3 is 0 Å². The number of nitrogens with zero attached hydrogens (tertiary/aromatic N) is 3. The molecule has 1 N–H and O–H groups in total. The fraction of sp³-hybridized carbons (Fsp3) is 0.400. The smallest absolute Gasteiger partial charge is 0.269 e. The summed E-state index contributed by atoms with van der Waals surface area (Å²) in [6.45, 7) is 6.43. The first-order chi connectivity index (χ1) is 11.2. The zero-order valence-electron chi connectivity index (χ0n) is 13.8. The summed E-state index contributed by atoms with van der Waals surface area (Å²) in [4.78, 5) is 9.96. The van der Waals surface area contributed by atoms with Gasteiger partial charge in [-0.1, -0.05) is 19.1 Å². The highest BCUT2D eigenvalue weighted by molar-refractivity contribution is 7.89. The van der Waals surface area contributed by atoms with E-state index < -0.39 is 20.6 Å². The average Bonchev–Trinajstić information content (AvgIpc) is 2.83. The van der Waals surface area contributed by atoms with E-state index in [-0.39, 0.29) is 17.4 Å². The van der Waals surface area contributed by atoms with Crippen LogP contribution in [-0.2, 0) is 16.6 Å². The largest absolute Gasteiger partial charge is 0.289 e. The summed E-state index contributed by atoms with van der Waals surface area (Å²) in [7, 11) is -3.95. The third kappa shape index (κ3) is 4.18. The van der Waals surface area contributed by atoms with Crippen LogP contribution in [0.3, 0.4) is 0 Å². The monoisotopic (exact) mass is 352 g/mol. The molecular formula is C15H20N4O4S. The fourth-order valence-corrected chi connectivity index (χ4v) is 3.72. The molecule has 1 aromatic heterocycles. The van der Waals surface area contributed by atoms with Gasteiger partial charge in [-0.3, -0.25) is 14.8 Å². The molecular weight excluding hydrogens is 332 g/mol. The average molecular weight is 352 g/mol. The molecule has 0 aliphatic carbocycles. The Bertz CT molecular complexity index is 845. The van der Waals surface area contributed by atoms with E-state index in [9.17, 15) is 18.5 Å². The Morgan fingerprint density at radius 1 is 1.33 bits per heavy atom. The van der Waals surface area contributed by atoms with E-state index in [1.165, 1.54) is 24.3 Å². The first-order valence-corrected chi connectivity index (χ1v) is 8.93. The van der Waals surface area contributed by atoms with E-state index in [1.54, 1.807) is 0 Å². The van der Waals surface area contributed by atoms with Crippen molar-refractivity contribution in [3.8, 4) is 0 Å². The van der Waals surface area contributed by atoms with Gasteiger partial charge in [-0.15, -0.1) is 0 Å². The maximum absolute atomic E-state index is 12.3. The molecule has 8 nitrogen and oxygen atoms in total. The van der Waals surface area contributed by atoms with Crippen LogP contribution in [0.25, 0.3) is 0 Å². The number of aromatic nitrogens is 2. The molecule has 24 heavy (non-hydrogen) atoms. The molecule has 0 saturated heterocycles. The Morgan fingerprint density at radius 3 is 2.58 bits per heavy atom. The van der Waals surface area contributed by atoms with Gasteiger partial charge >= 0.3 is 0 Å². The third-order valence-electron chi connectivity index (χ3n) is 3.56. The minimum atomic E-state index is -3.95. The molecule has 0 amide bonds. The number of aryl methyl sites for hydroxylation is 2. The van der Waals surface area contributed by atoms with E-state index >= 15 is 0 Å². The minimum absolute atomic E-state index is 0.0273. The molecule has 9 heteroatoms. The number of hydrogen-bond donors (Lipinski definition) is 1. The molecule has 2 rings (SSSR count). The van der Waals surface area contributed by atoms with E-state index in [0.29, 0.717) is 6.54 Å². The summed E-state index contributed by atoms with van der Waals surface area (Å²) in [5.74, 6) is -0.0273. The van der Waals surface area contributed by atoms with Crippen LogP contribution in [0.4, 0.5) is 5.69 Å². The van der Waals surface area contributed by atoms with Gasteiger partial charge in [0, 0.05) is 24.8 Å². The molecule has 0 radical (unpaired) electrons. The van der Waals surface area contributed by atoms with Crippen LogP contribution in [0.15, 0.2) is 35.2 Å². The summed E-state index contributed by atoms with van der Waals surface area (Å²) >= 11 is 0. The number of para-hydroxylation sites is 1. The molecule has 2 aromatic rings. The Hall–Kier alpha value is -2.26. The molecule has 1 unspecified atom stereocenters. The van der Waals surface area contributed by atoms with Gasteiger partial charge in [-0.05, 0) is 31.9 Å². The zero-order valence-corrected chi connectivity index (χ0v) is 14.6. The van der Waals surface area contributed by atoms with Crippen LogP contribution in [0.2, 0.25) is 0 Å².